The van der Waals surface area contributed by atoms with Crippen molar-refractivity contribution >= 4 is 20.0 Å². The number of aliphatic hydroxyl groups excluding tert-OH is 1. The Morgan fingerprint density at radius 3 is 2.24 bits per heavy atom. The van der Waals surface area contributed by atoms with Gasteiger partial charge in [-0.05, 0) is 30.5 Å². The Balaban J connectivity index is 3.14. The Labute approximate surface area is 125 Å². The predicted molar refractivity (Wildman–Crippen MR) is 78.5 cm³/mol. The van der Waals surface area contributed by atoms with E-state index in [2.05, 4.69) is 4.72 Å². The van der Waals surface area contributed by atoms with Crippen LogP contribution in [0.4, 0.5) is 0 Å². The van der Waals surface area contributed by atoms with Crippen LogP contribution in [0.5, 0.6) is 0 Å². The second-order valence-electron chi connectivity index (χ2n) is 5.00. The summed E-state index contributed by atoms with van der Waals surface area (Å²) in [4.78, 5) is -0.453. The summed E-state index contributed by atoms with van der Waals surface area (Å²) >= 11 is 0. The molecule has 7 nitrogen and oxygen atoms in total. The molecule has 0 amide bonds. The Kier molecular flexibility index (Phi) is 5.88. The summed E-state index contributed by atoms with van der Waals surface area (Å²) in [5.74, 6) is -0.0200. The molecule has 0 aliphatic carbocycles. The molecular weight excluding hydrogens is 316 g/mol. The van der Waals surface area contributed by atoms with Gasteiger partial charge in [0.15, 0.2) is 0 Å². The van der Waals surface area contributed by atoms with Crippen molar-refractivity contribution in [2.45, 2.75) is 36.1 Å². The van der Waals surface area contributed by atoms with Crippen LogP contribution in [-0.2, 0) is 20.0 Å². The summed E-state index contributed by atoms with van der Waals surface area (Å²) < 4.78 is 49.6. The number of sulfonamides is 2. The topological polar surface area (TPSA) is 127 Å². The van der Waals surface area contributed by atoms with E-state index >= 15 is 0 Å². The molecular formula is C12H20N2O5S2. The van der Waals surface area contributed by atoms with Gasteiger partial charge in [0, 0.05) is 12.6 Å². The third kappa shape index (κ3) is 5.04. The van der Waals surface area contributed by atoms with Crippen molar-refractivity contribution in [2.75, 3.05) is 6.61 Å². The van der Waals surface area contributed by atoms with E-state index in [9.17, 15) is 16.8 Å². The lowest BCUT2D eigenvalue weighted by molar-refractivity contribution is 0.256. The minimum absolute atomic E-state index is 0.0200. The van der Waals surface area contributed by atoms with Crippen molar-refractivity contribution in [1.82, 2.24) is 4.72 Å². The van der Waals surface area contributed by atoms with Crippen molar-refractivity contribution in [3.05, 3.63) is 24.3 Å². The monoisotopic (exact) mass is 336 g/mol. The first kappa shape index (κ1) is 18.1. The number of aliphatic hydroxyl groups is 1. The zero-order chi connectivity index (χ0) is 16.3. The van der Waals surface area contributed by atoms with Crippen LogP contribution in [0.1, 0.15) is 20.3 Å². The summed E-state index contributed by atoms with van der Waals surface area (Å²) in [5.41, 5.74) is 0. The minimum atomic E-state index is -3.97. The molecule has 1 aromatic rings. The van der Waals surface area contributed by atoms with Crippen LogP contribution in [0.2, 0.25) is 0 Å². The van der Waals surface area contributed by atoms with E-state index in [0.29, 0.717) is 0 Å². The fraction of sp³-hybridized carbons (Fsp3) is 0.500. The van der Waals surface area contributed by atoms with Crippen molar-refractivity contribution in [1.29, 1.82) is 0 Å². The van der Waals surface area contributed by atoms with Crippen LogP contribution in [0.3, 0.4) is 0 Å². The number of hydrogen-bond acceptors (Lipinski definition) is 5. The number of benzene rings is 1. The molecule has 0 bridgehead atoms. The van der Waals surface area contributed by atoms with Gasteiger partial charge in [0.05, 0.1) is 9.79 Å². The van der Waals surface area contributed by atoms with Gasteiger partial charge in [0.2, 0.25) is 20.0 Å². The second kappa shape index (κ2) is 6.84. The van der Waals surface area contributed by atoms with E-state index in [4.69, 9.17) is 10.2 Å². The zero-order valence-electron chi connectivity index (χ0n) is 11.9. The van der Waals surface area contributed by atoms with E-state index in [1.54, 1.807) is 0 Å². The third-order valence-electron chi connectivity index (χ3n) is 3.00. The zero-order valence-corrected chi connectivity index (χ0v) is 13.5. The van der Waals surface area contributed by atoms with Gasteiger partial charge in [-0.3, -0.25) is 0 Å². The van der Waals surface area contributed by atoms with Gasteiger partial charge < -0.3 is 5.11 Å². The Morgan fingerprint density at radius 2 is 1.76 bits per heavy atom. The average Bonchev–Trinajstić information content (AvgIpc) is 2.37. The SMILES string of the molecule is CC(C)C(CCO)NS(=O)(=O)c1cccc(S(N)(=O)=O)c1. The molecule has 0 heterocycles. The third-order valence-corrected chi connectivity index (χ3v) is 5.39. The van der Waals surface area contributed by atoms with Gasteiger partial charge in [-0.25, -0.2) is 26.7 Å². The smallest absolute Gasteiger partial charge is 0.240 e. The molecule has 0 aliphatic heterocycles. The Bertz CT molecular complexity index is 683. The highest BCUT2D eigenvalue weighted by atomic mass is 32.2. The minimum Gasteiger partial charge on any atom is -0.396 e. The maximum absolute atomic E-state index is 12.3. The van der Waals surface area contributed by atoms with E-state index in [-0.39, 0.29) is 28.7 Å². The first-order valence-corrected chi connectivity index (χ1v) is 9.37. The highest BCUT2D eigenvalue weighted by molar-refractivity contribution is 7.90. The molecule has 120 valence electrons. The highest BCUT2D eigenvalue weighted by Crippen LogP contribution is 2.17. The molecule has 21 heavy (non-hydrogen) atoms. The molecule has 0 spiro atoms. The number of primary sulfonamides is 1. The molecule has 4 N–H and O–H groups in total. The molecule has 1 rings (SSSR count). The van der Waals surface area contributed by atoms with Crippen LogP contribution < -0.4 is 9.86 Å². The molecule has 0 saturated heterocycles. The fourth-order valence-electron chi connectivity index (χ4n) is 1.75. The van der Waals surface area contributed by atoms with Crippen molar-refractivity contribution in [3.8, 4) is 0 Å². The second-order valence-corrected chi connectivity index (χ2v) is 8.28. The normalized spacial score (nSPS) is 14.3. The predicted octanol–water partition coefficient (Wildman–Crippen LogP) is 0.0193. The molecule has 9 heteroatoms. The van der Waals surface area contributed by atoms with Gasteiger partial charge in [-0.2, -0.15) is 0 Å². The summed E-state index contributed by atoms with van der Waals surface area (Å²) in [5, 5.41) is 14.0. The van der Waals surface area contributed by atoms with E-state index in [0.717, 1.165) is 6.07 Å². The standard InChI is InChI=1S/C12H20N2O5S2/c1-9(2)12(6-7-15)14-21(18,19)11-5-3-4-10(8-11)20(13,16)17/h3-5,8-9,12,14-15H,6-7H2,1-2H3,(H2,13,16,17). The first-order valence-electron chi connectivity index (χ1n) is 6.34. The van der Waals surface area contributed by atoms with E-state index in [1.165, 1.54) is 18.2 Å². The van der Waals surface area contributed by atoms with Crippen molar-refractivity contribution < 1.29 is 21.9 Å². The molecule has 1 aromatic carbocycles. The molecule has 0 saturated carbocycles. The molecule has 1 unspecified atom stereocenters. The first-order chi connectivity index (χ1) is 9.58. The van der Waals surface area contributed by atoms with Crippen LogP contribution >= 0.6 is 0 Å². The van der Waals surface area contributed by atoms with Crippen LogP contribution in [-0.4, -0.2) is 34.6 Å². The van der Waals surface area contributed by atoms with Gasteiger partial charge in [0.1, 0.15) is 0 Å². The maximum Gasteiger partial charge on any atom is 0.240 e. The lowest BCUT2D eigenvalue weighted by Gasteiger charge is -2.21. The Morgan fingerprint density at radius 1 is 1.19 bits per heavy atom. The van der Waals surface area contributed by atoms with Gasteiger partial charge in [-0.1, -0.05) is 19.9 Å². The largest absolute Gasteiger partial charge is 0.396 e. The average molecular weight is 336 g/mol. The number of nitrogens with two attached hydrogens (primary N) is 1. The number of rotatable bonds is 7. The van der Waals surface area contributed by atoms with E-state index < -0.39 is 26.1 Å². The number of hydrogen-bond donors (Lipinski definition) is 3. The molecule has 0 radical (unpaired) electrons. The molecule has 0 fully saturated rings. The highest BCUT2D eigenvalue weighted by Gasteiger charge is 2.23. The van der Waals surface area contributed by atoms with Gasteiger partial charge >= 0.3 is 0 Å². The fourth-order valence-corrected chi connectivity index (χ4v) is 3.85. The van der Waals surface area contributed by atoms with Gasteiger partial charge in [0.25, 0.3) is 0 Å². The summed E-state index contributed by atoms with van der Waals surface area (Å²) in [6.45, 7) is 3.50. The van der Waals surface area contributed by atoms with Crippen LogP contribution in [0.25, 0.3) is 0 Å². The molecule has 0 aromatic heterocycles. The number of nitrogens with one attached hydrogen (secondary N) is 1. The van der Waals surface area contributed by atoms with Crippen molar-refractivity contribution in [2.24, 2.45) is 11.1 Å². The lowest BCUT2D eigenvalue weighted by atomic mass is 10.0. The van der Waals surface area contributed by atoms with Gasteiger partial charge in [-0.15, -0.1) is 0 Å². The quantitative estimate of drug-likeness (QED) is 0.647. The van der Waals surface area contributed by atoms with Crippen molar-refractivity contribution in [3.63, 3.8) is 0 Å². The molecule has 0 aliphatic rings. The van der Waals surface area contributed by atoms with E-state index in [1.807, 2.05) is 13.8 Å². The Hall–Kier alpha value is -1.00. The maximum atomic E-state index is 12.3. The lowest BCUT2D eigenvalue weighted by Crippen LogP contribution is -2.39. The summed E-state index contributed by atoms with van der Waals surface area (Å²) in [6, 6.07) is 4.38. The van der Waals surface area contributed by atoms with Crippen LogP contribution in [0.15, 0.2) is 34.1 Å². The van der Waals surface area contributed by atoms with Crippen LogP contribution in [0, 0.1) is 5.92 Å². The summed E-state index contributed by atoms with van der Waals surface area (Å²) in [7, 11) is -7.86. The summed E-state index contributed by atoms with van der Waals surface area (Å²) in [6.07, 6.45) is 0.270. The molecule has 1 atom stereocenters.